The Kier molecular flexibility index (Phi) is 5.00. The Labute approximate surface area is 117 Å². The topological polar surface area (TPSA) is 18.5 Å². The van der Waals surface area contributed by atoms with Gasteiger partial charge in [0.2, 0.25) is 0 Å². The molecule has 19 heavy (non-hydrogen) atoms. The first-order valence-corrected chi connectivity index (χ1v) is 7.44. The summed E-state index contributed by atoms with van der Waals surface area (Å²) in [7, 11) is 0. The summed E-state index contributed by atoms with van der Waals surface area (Å²) in [5.41, 5.74) is 1.21. The SMILES string of the molecule is CC[C@H]1O[C@H](OC[13c]2[13cH][13cH][13cH][13cH][13cH]2)[C@H](C)[C@@H](C)[C@H]1C. The molecule has 0 aliphatic carbocycles. The van der Waals surface area contributed by atoms with Crippen LogP contribution >= 0.6 is 0 Å². The quantitative estimate of drug-likeness (QED) is 0.813. The molecular formula is C17H26O2. The average Bonchev–Trinajstić information content (AvgIpc) is 2.45. The van der Waals surface area contributed by atoms with Gasteiger partial charge in [0.25, 0.3) is 0 Å². The van der Waals surface area contributed by atoms with Crippen LogP contribution in [0.25, 0.3) is 0 Å². The van der Waals surface area contributed by atoms with Crippen molar-refractivity contribution in [3.63, 3.8) is 0 Å². The predicted molar refractivity (Wildman–Crippen MR) is 77.7 cm³/mol. The van der Waals surface area contributed by atoms with Crippen molar-refractivity contribution in [3.8, 4) is 0 Å². The minimum absolute atomic E-state index is 0.0728. The molecule has 0 aromatic heterocycles. The van der Waals surface area contributed by atoms with Gasteiger partial charge in [0.15, 0.2) is 6.29 Å². The van der Waals surface area contributed by atoms with Crippen molar-refractivity contribution in [3.05, 3.63) is 35.9 Å². The zero-order chi connectivity index (χ0) is 13.8. The van der Waals surface area contributed by atoms with Crippen molar-refractivity contribution in [1.82, 2.24) is 0 Å². The number of hydrogen-bond donors (Lipinski definition) is 0. The van der Waals surface area contributed by atoms with Gasteiger partial charge in [0.05, 0.1) is 12.7 Å². The smallest absolute Gasteiger partial charge is 0.161 e. The van der Waals surface area contributed by atoms with Gasteiger partial charge in [-0.05, 0) is 23.8 Å². The Balaban J connectivity index is 1.95. The molecule has 2 heteroatoms. The van der Waals surface area contributed by atoms with Gasteiger partial charge >= 0.3 is 0 Å². The third-order valence-corrected chi connectivity index (χ3v) is 4.64. The van der Waals surface area contributed by atoms with Crippen LogP contribution in [-0.4, -0.2) is 12.4 Å². The molecule has 2 rings (SSSR count). The van der Waals surface area contributed by atoms with Crippen molar-refractivity contribution in [1.29, 1.82) is 0 Å². The summed E-state index contributed by atoms with van der Waals surface area (Å²) in [6, 6.07) is 10.3. The molecule has 2 nitrogen and oxygen atoms in total. The van der Waals surface area contributed by atoms with E-state index in [4.69, 9.17) is 9.47 Å². The third-order valence-electron chi connectivity index (χ3n) is 4.64. The highest BCUT2D eigenvalue weighted by atomic mass is 16.7. The van der Waals surface area contributed by atoms with E-state index in [1.807, 2.05) is 18.2 Å². The highest BCUT2D eigenvalue weighted by Gasteiger charge is 2.38. The van der Waals surface area contributed by atoms with Gasteiger partial charge in [-0.1, -0.05) is 58.0 Å². The van der Waals surface area contributed by atoms with Crippen LogP contribution in [0.4, 0.5) is 0 Å². The largest absolute Gasteiger partial charge is 0.349 e. The van der Waals surface area contributed by atoms with Crippen molar-refractivity contribution in [2.45, 2.75) is 53.1 Å². The maximum atomic E-state index is 6.13. The van der Waals surface area contributed by atoms with Gasteiger partial charge in [-0.2, -0.15) is 0 Å². The van der Waals surface area contributed by atoms with Gasteiger partial charge in [-0.25, -0.2) is 0 Å². The van der Waals surface area contributed by atoms with Gasteiger partial charge in [0, 0.05) is 5.92 Å². The third kappa shape index (κ3) is 3.37. The predicted octanol–water partition coefficient (Wildman–Crippen LogP) is 4.25. The molecule has 0 spiro atoms. The lowest BCUT2D eigenvalue weighted by atomic mass is 9.78. The van der Waals surface area contributed by atoms with E-state index in [1.165, 1.54) is 5.56 Å². The van der Waals surface area contributed by atoms with E-state index in [2.05, 4.69) is 39.8 Å². The molecule has 1 aliphatic rings. The minimum Gasteiger partial charge on any atom is -0.349 e. The fraction of sp³-hybridized carbons (Fsp3) is 0.647. The zero-order valence-electron chi connectivity index (χ0n) is 12.5. The first-order valence-electron chi connectivity index (χ1n) is 7.44. The van der Waals surface area contributed by atoms with Crippen LogP contribution in [0.5, 0.6) is 0 Å². The van der Waals surface area contributed by atoms with Gasteiger partial charge < -0.3 is 9.47 Å². The first-order chi connectivity index (χ1) is 9.13. The summed E-state index contributed by atoms with van der Waals surface area (Å²) in [6.45, 7) is 9.68. The maximum Gasteiger partial charge on any atom is 0.161 e. The van der Waals surface area contributed by atoms with E-state index in [-0.39, 0.29) is 6.29 Å². The Morgan fingerprint density at radius 2 is 1.68 bits per heavy atom. The summed E-state index contributed by atoms with van der Waals surface area (Å²) in [6.07, 6.45) is 1.31. The molecule has 0 bridgehead atoms. The molecule has 0 unspecified atom stereocenters. The van der Waals surface area contributed by atoms with Crippen LogP contribution in [0, 0.1) is 17.8 Å². The second kappa shape index (κ2) is 6.53. The van der Waals surface area contributed by atoms with Crippen molar-refractivity contribution in [2.24, 2.45) is 17.8 Å². The van der Waals surface area contributed by atoms with Crippen LogP contribution in [0.3, 0.4) is 0 Å². The van der Waals surface area contributed by atoms with E-state index >= 15 is 0 Å². The lowest BCUT2D eigenvalue weighted by molar-refractivity contribution is -0.252. The monoisotopic (exact) mass is 268 g/mol. The molecule has 1 aliphatic heterocycles. The van der Waals surface area contributed by atoms with E-state index in [0.29, 0.717) is 30.5 Å². The van der Waals surface area contributed by atoms with Crippen LogP contribution in [0.1, 0.15) is 39.7 Å². The van der Waals surface area contributed by atoms with Gasteiger partial charge in [-0.15, -0.1) is 0 Å². The second-order valence-electron chi connectivity index (χ2n) is 5.83. The molecular weight excluding hydrogens is 242 g/mol. The Morgan fingerprint density at radius 1 is 1.00 bits per heavy atom. The van der Waals surface area contributed by atoms with E-state index in [1.54, 1.807) is 0 Å². The molecule has 0 radical (unpaired) electrons. The summed E-state index contributed by atoms with van der Waals surface area (Å²) in [5, 5.41) is 0. The maximum absolute atomic E-state index is 6.13. The first kappa shape index (κ1) is 14.5. The lowest BCUT2D eigenvalue weighted by Gasteiger charge is -2.43. The molecule has 0 amide bonds. The highest BCUT2D eigenvalue weighted by Crippen LogP contribution is 2.36. The van der Waals surface area contributed by atoms with Crippen molar-refractivity contribution >= 4 is 0 Å². The standard InChI is InChI=1S/C17H26O2/c1-5-16-13(3)12(2)14(4)17(19-16)18-11-15-9-7-6-8-10-15/h6-10,12-14,16-17H,5,11H2,1-4H3/t12-,13+,14+,16+,17-/m0/s1/i6+1,7+1,8+1,9+1,10+1,15+1. The zero-order valence-corrected chi connectivity index (χ0v) is 12.5. The molecule has 1 heterocycles. The molecule has 1 fully saturated rings. The Morgan fingerprint density at radius 3 is 2.32 bits per heavy atom. The van der Waals surface area contributed by atoms with Crippen LogP contribution in [-0.2, 0) is 16.1 Å². The van der Waals surface area contributed by atoms with Crippen LogP contribution in [0.15, 0.2) is 30.3 Å². The van der Waals surface area contributed by atoms with E-state index in [9.17, 15) is 0 Å². The van der Waals surface area contributed by atoms with E-state index in [0.717, 1.165) is 6.42 Å². The van der Waals surface area contributed by atoms with Crippen molar-refractivity contribution in [2.75, 3.05) is 0 Å². The molecule has 106 valence electrons. The Bertz CT molecular complexity index is 374. The number of ether oxygens (including phenoxy) is 2. The molecule has 1 aromatic rings. The van der Waals surface area contributed by atoms with Gasteiger partial charge in [-0.3, -0.25) is 0 Å². The average molecular weight is 268 g/mol. The fourth-order valence-electron chi connectivity index (χ4n) is 2.90. The summed E-state index contributed by atoms with van der Waals surface area (Å²) in [4.78, 5) is 0. The molecule has 1 aromatic carbocycles. The number of rotatable bonds is 4. The fourth-order valence-corrected chi connectivity index (χ4v) is 2.90. The number of benzene rings is 1. The minimum atomic E-state index is -0.0728. The van der Waals surface area contributed by atoms with Gasteiger partial charge in [0.1, 0.15) is 0 Å². The normalized spacial score (nSPS) is 35.3. The second-order valence-corrected chi connectivity index (χ2v) is 5.83. The molecule has 0 N–H and O–H groups in total. The van der Waals surface area contributed by atoms with Crippen molar-refractivity contribution < 1.29 is 9.47 Å². The number of hydrogen-bond acceptors (Lipinski definition) is 2. The summed E-state index contributed by atoms with van der Waals surface area (Å²) >= 11 is 0. The molecule has 1 saturated heterocycles. The molecule has 0 saturated carbocycles. The molecule has 5 atom stereocenters. The summed E-state index contributed by atoms with van der Waals surface area (Å²) < 4.78 is 12.1. The van der Waals surface area contributed by atoms with Crippen LogP contribution in [0.2, 0.25) is 0 Å². The van der Waals surface area contributed by atoms with E-state index < -0.39 is 0 Å². The Hall–Kier alpha value is -0.860. The summed E-state index contributed by atoms with van der Waals surface area (Å²) in [5.74, 6) is 1.69. The highest BCUT2D eigenvalue weighted by molar-refractivity contribution is 5.13. The lowest BCUT2D eigenvalue weighted by Crippen LogP contribution is -2.45. The van der Waals surface area contributed by atoms with Crippen LogP contribution < -0.4 is 0 Å².